The van der Waals surface area contributed by atoms with Gasteiger partial charge in [-0.05, 0) is 42.3 Å². The molecule has 174 valence electrons. The van der Waals surface area contributed by atoms with Crippen LogP contribution in [-0.4, -0.2) is 25.8 Å². The van der Waals surface area contributed by atoms with Crippen molar-refractivity contribution in [3.63, 3.8) is 0 Å². The normalized spacial score (nSPS) is 11.8. The minimum atomic E-state index is -0.792. The molecule has 3 heterocycles. The number of rotatable bonds is 8. The molecule has 2 aromatic carbocycles. The van der Waals surface area contributed by atoms with E-state index in [-0.39, 0.29) is 17.2 Å². The Morgan fingerprint density at radius 3 is 2.63 bits per heavy atom. The van der Waals surface area contributed by atoms with E-state index in [9.17, 15) is 4.79 Å². The molecule has 3 aromatic heterocycles. The molecule has 0 radical (unpaired) electrons. The van der Waals surface area contributed by atoms with Crippen molar-refractivity contribution in [2.45, 2.75) is 12.5 Å². The monoisotopic (exact) mass is 467 g/mol. The van der Waals surface area contributed by atoms with E-state index in [1.54, 1.807) is 24.7 Å². The molecule has 0 bridgehead atoms. The summed E-state index contributed by atoms with van der Waals surface area (Å²) >= 11 is 0. The van der Waals surface area contributed by atoms with Gasteiger partial charge in [0.05, 0.1) is 17.1 Å². The van der Waals surface area contributed by atoms with Gasteiger partial charge in [0.2, 0.25) is 0 Å². The maximum absolute atomic E-state index is 15.1. The molecule has 9 heteroatoms. The van der Waals surface area contributed by atoms with Crippen LogP contribution in [0.3, 0.4) is 0 Å². The Kier molecular flexibility index (Phi) is 6.04. The molecule has 5 aromatic rings. The lowest BCUT2D eigenvalue weighted by molar-refractivity contribution is 0.100. The summed E-state index contributed by atoms with van der Waals surface area (Å²) in [5, 5.41) is 7.14. The van der Waals surface area contributed by atoms with Crippen molar-refractivity contribution in [3.05, 3.63) is 108 Å². The van der Waals surface area contributed by atoms with Crippen LogP contribution < -0.4 is 16.4 Å². The summed E-state index contributed by atoms with van der Waals surface area (Å²) in [6.07, 6.45) is 5.59. The van der Waals surface area contributed by atoms with E-state index in [1.165, 1.54) is 0 Å². The van der Waals surface area contributed by atoms with E-state index in [0.717, 1.165) is 22.5 Å². The van der Waals surface area contributed by atoms with Gasteiger partial charge in [-0.3, -0.25) is 9.78 Å². The lowest BCUT2D eigenvalue weighted by Crippen LogP contribution is -2.20. The number of nitrogens with one attached hydrogen (secondary N) is 3. The molecule has 35 heavy (non-hydrogen) atoms. The smallest absolute Gasteiger partial charge is 0.252 e. The number of hydrogen-bond acceptors (Lipinski definition) is 6. The number of aromatic nitrogens is 4. The van der Waals surface area contributed by atoms with Gasteiger partial charge in [0, 0.05) is 29.7 Å². The third kappa shape index (κ3) is 4.93. The number of fused-ring (bicyclic) bond motifs is 1. The van der Waals surface area contributed by atoms with E-state index < -0.39 is 17.8 Å². The highest BCUT2D eigenvalue weighted by atomic mass is 19.1. The van der Waals surface area contributed by atoms with Crippen LogP contribution in [0.2, 0.25) is 0 Å². The van der Waals surface area contributed by atoms with Crippen LogP contribution in [0, 0.1) is 5.82 Å². The highest BCUT2D eigenvalue weighted by Gasteiger charge is 2.21. The highest BCUT2D eigenvalue weighted by Crippen LogP contribution is 2.28. The zero-order chi connectivity index (χ0) is 24.2. The van der Waals surface area contributed by atoms with Crippen LogP contribution in [0.15, 0.2) is 85.3 Å². The number of H-pyrrole nitrogens is 1. The van der Waals surface area contributed by atoms with Crippen molar-refractivity contribution < 1.29 is 9.18 Å². The molecule has 1 amide bonds. The van der Waals surface area contributed by atoms with Gasteiger partial charge in [0.1, 0.15) is 11.6 Å². The second kappa shape index (κ2) is 9.60. The number of imidazole rings is 1. The van der Waals surface area contributed by atoms with E-state index in [0.29, 0.717) is 17.9 Å². The molecule has 0 saturated heterocycles. The van der Waals surface area contributed by atoms with Gasteiger partial charge >= 0.3 is 0 Å². The molecule has 1 atom stereocenters. The molecular weight excluding hydrogens is 445 g/mol. The lowest BCUT2D eigenvalue weighted by atomic mass is 10.1. The minimum absolute atomic E-state index is 0.0303. The van der Waals surface area contributed by atoms with Crippen molar-refractivity contribution in [3.8, 4) is 0 Å². The Morgan fingerprint density at radius 2 is 1.86 bits per heavy atom. The Bertz CT molecular complexity index is 1470. The van der Waals surface area contributed by atoms with Gasteiger partial charge in [0.15, 0.2) is 11.6 Å². The van der Waals surface area contributed by atoms with Crippen LogP contribution in [0.25, 0.3) is 10.9 Å². The Labute approximate surface area is 200 Å². The van der Waals surface area contributed by atoms with Gasteiger partial charge in [0.25, 0.3) is 5.91 Å². The summed E-state index contributed by atoms with van der Waals surface area (Å²) in [6, 6.07) is 19.8. The number of primary amides is 1. The zero-order valence-electron chi connectivity index (χ0n) is 18.6. The number of aromatic amines is 1. The third-order valence-electron chi connectivity index (χ3n) is 5.55. The van der Waals surface area contributed by atoms with Gasteiger partial charge in [-0.1, -0.05) is 36.4 Å². The molecule has 0 spiro atoms. The number of nitrogens with two attached hydrogens (primary N) is 1. The number of benzene rings is 2. The maximum Gasteiger partial charge on any atom is 0.252 e. The van der Waals surface area contributed by atoms with Gasteiger partial charge < -0.3 is 21.4 Å². The average Bonchev–Trinajstić information content (AvgIpc) is 3.41. The van der Waals surface area contributed by atoms with Crippen molar-refractivity contribution in [2.24, 2.45) is 5.73 Å². The molecular formula is C26H22FN7O. The molecule has 5 rings (SSSR count). The summed E-state index contributed by atoms with van der Waals surface area (Å²) in [4.78, 5) is 28.2. The molecule has 0 aliphatic heterocycles. The average molecular weight is 468 g/mol. The first-order valence-electron chi connectivity index (χ1n) is 11.0. The van der Waals surface area contributed by atoms with Gasteiger partial charge in [-0.2, -0.15) is 0 Å². The Balaban J connectivity index is 1.49. The lowest BCUT2D eigenvalue weighted by Gasteiger charge is -2.19. The van der Waals surface area contributed by atoms with Crippen LogP contribution in [0.4, 0.5) is 21.7 Å². The van der Waals surface area contributed by atoms with Crippen molar-refractivity contribution in [2.75, 3.05) is 10.6 Å². The van der Waals surface area contributed by atoms with Crippen LogP contribution in [0.5, 0.6) is 0 Å². The maximum atomic E-state index is 15.1. The van der Waals surface area contributed by atoms with Crippen molar-refractivity contribution >= 4 is 34.1 Å². The number of hydrogen-bond donors (Lipinski definition) is 4. The Morgan fingerprint density at radius 1 is 1.00 bits per heavy atom. The zero-order valence-corrected chi connectivity index (χ0v) is 18.6. The summed E-state index contributed by atoms with van der Waals surface area (Å²) in [7, 11) is 0. The number of amides is 1. The highest BCUT2D eigenvalue weighted by molar-refractivity contribution is 5.99. The van der Waals surface area contributed by atoms with Gasteiger partial charge in [-0.15, -0.1) is 0 Å². The minimum Gasteiger partial charge on any atom is -0.365 e. The van der Waals surface area contributed by atoms with Crippen molar-refractivity contribution in [1.29, 1.82) is 0 Å². The molecule has 0 aliphatic carbocycles. The number of carbonyl (C=O) groups is 1. The number of pyridine rings is 2. The summed E-state index contributed by atoms with van der Waals surface area (Å²) in [5.41, 5.74) is 7.99. The quantitative estimate of drug-likeness (QED) is 0.262. The predicted molar refractivity (Wildman–Crippen MR) is 133 cm³/mol. The number of carbonyl (C=O) groups excluding carboxylic acids is 1. The van der Waals surface area contributed by atoms with Crippen LogP contribution >= 0.6 is 0 Å². The second-order valence-corrected chi connectivity index (χ2v) is 7.98. The fraction of sp³-hybridized carbons (Fsp3) is 0.0769. The number of anilines is 3. The first-order valence-corrected chi connectivity index (χ1v) is 11.0. The first-order chi connectivity index (χ1) is 17.1. The summed E-state index contributed by atoms with van der Waals surface area (Å²) in [5.74, 6) is -0.748. The standard InChI is InChI=1S/C26H22FN7O/c27-20-15-19(23(28)35)24(32-18-8-9-21-17(14-18)7-4-10-29-21)34-25(20)33-22(26-30-11-12-31-26)13-16-5-2-1-3-6-16/h1-12,14-15,22H,13H2,(H2,28,35)(H,30,31)(H2,32,33,34). The van der Waals surface area contributed by atoms with Crippen LogP contribution in [0.1, 0.15) is 27.8 Å². The summed E-state index contributed by atoms with van der Waals surface area (Å²) in [6.45, 7) is 0. The predicted octanol–water partition coefficient (Wildman–Crippen LogP) is 4.73. The second-order valence-electron chi connectivity index (χ2n) is 7.98. The molecule has 0 saturated carbocycles. The van der Waals surface area contributed by atoms with E-state index in [4.69, 9.17) is 5.73 Å². The fourth-order valence-corrected chi connectivity index (χ4v) is 3.86. The molecule has 0 fully saturated rings. The number of halogens is 1. The fourth-order valence-electron chi connectivity index (χ4n) is 3.86. The third-order valence-corrected chi connectivity index (χ3v) is 5.55. The van der Waals surface area contributed by atoms with E-state index >= 15 is 4.39 Å². The summed E-state index contributed by atoms with van der Waals surface area (Å²) < 4.78 is 15.1. The molecule has 1 unspecified atom stereocenters. The molecule has 5 N–H and O–H groups in total. The largest absolute Gasteiger partial charge is 0.365 e. The number of nitrogens with zero attached hydrogens (tertiary/aromatic N) is 3. The van der Waals surface area contributed by atoms with Crippen molar-refractivity contribution in [1.82, 2.24) is 19.9 Å². The SMILES string of the molecule is NC(=O)c1cc(F)c(NC(Cc2ccccc2)c2ncc[nH]2)nc1Nc1ccc2ncccc2c1. The van der Waals surface area contributed by atoms with Crippen LogP contribution in [-0.2, 0) is 6.42 Å². The van der Waals surface area contributed by atoms with E-state index in [2.05, 4.69) is 30.6 Å². The molecule has 0 aliphatic rings. The molecule has 8 nitrogen and oxygen atoms in total. The first kappa shape index (κ1) is 22.0. The Hall–Kier alpha value is -4.79. The van der Waals surface area contributed by atoms with Gasteiger partial charge in [-0.25, -0.2) is 14.4 Å². The van der Waals surface area contributed by atoms with E-state index in [1.807, 2.05) is 54.6 Å². The topological polar surface area (TPSA) is 122 Å².